The van der Waals surface area contributed by atoms with Gasteiger partial charge in [0.25, 0.3) is 0 Å². The third-order valence-electron chi connectivity index (χ3n) is 2.89. The van der Waals surface area contributed by atoms with Gasteiger partial charge in [0.1, 0.15) is 11.0 Å². The summed E-state index contributed by atoms with van der Waals surface area (Å²) in [5, 5.41) is 4.29. The number of hydrogen-bond donors (Lipinski definition) is 1. The van der Waals surface area contributed by atoms with E-state index >= 15 is 0 Å². The molecule has 1 aromatic heterocycles. The first-order valence-corrected chi connectivity index (χ1v) is 6.96. The average molecular weight is 316 g/mol. The smallest absolute Gasteiger partial charge is 0.150 e. The lowest BCUT2D eigenvalue weighted by Crippen LogP contribution is -2.09. The first kappa shape index (κ1) is 14.4. The molecule has 0 spiro atoms. The number of rotatable bonds is 3. The summed E-state index contributed by atoms with van der Waals surface area (Å²) >= 11 is 17.9. The highest BCUT2D eigenvalue weighted by atomic mass is 35.5. The third kappa shape index (κ3) is 3.33. The predicted molar refractivity (Wildman–Crippen MR) is 82.5 cm³/mol. The van der Waals surface area contributed by atoms with Crippen molar-refractivity contribution in [1.82, 2.24) is 4.98 Å². The zero-order chi connectivity index (χ0) is 14.0. The minimum Gasteiger partial charge on any atom is -0.362 e. The van der Waals surface area contributed by atoms with E-state index < -0.39 is 0 Å². The van der Waals surface area contributed by atoms with Gasteiger partial charge in [-0.2, -0.15) is 0 Å². The number of pyridine rings is 1. The van der Waals surface area contributed by atoms with Crippen LogP contribution in [0.3, 0.4) is 0 Å². The van der Waals surface area contributed by atoms with Crippen LogP contribution in [0.25, 0.3) is 0 Å². The number of aromatic nitrogens is 1. The van der Waals surface area contributed by atoms with Gasteiger partial charge in [-0.1, -0.05) is 59.1 Å². The molecule has 2 aromatic rings. The largest absolute Gasteiger partial charge is 0.362 e. The Morgan fingerprint density at radius 1 is 1.11 bits per heavy atom. The van der Waals surface area contributed by atoms with E-state index in [0.29, 0.717) is 15.9 Å². The highest BCUT2D eigenvalue weighted by Crippen LogP contribution is 2.31. The molecule has 0 bridgehead atoms. The van der Waals surface area contributed by atoms with Crippen LogP contribution in [-0.2, 0) is 0 Å². The molecule has 2 nitrogen and oxygen atoms in total. The van der Waals surface area contributed by atoms with Gasteiger partial charge < -0.3 is 5.32 Å². The van der Waals surface area contributed by atoms with Crippen molar-refractivity contribution >= 4 is 40.6 Å². The van der Waals surface area contributed by atoms with Gasteiger partial charge in [0, 0.05) is 0 Å². The van der Waals surface area contributed by atoms with Crippen molar-refractivity contribution in [3.8, 4) is 0 Å². The van der Waals surface area contributed by atoms with E-state index in [2.05, 4.69) is 29.4 Å². The predicted octanol–water partition coefficient (Wildman–Crippen LogP) is 5.52. The summed E-state index contributed by atoms with van der Waals surface area (Å²) in [5.41, 5.74) is 2.39. The number of halogens is 3. The topological polar surface area (TPSA) is 24.9 Å². The molecule has 1 aromatic carbocycles. The van der Waals surface area contributed by atoms with Crippen LogP contribution in [0.2, 0.25) is 15.2 Å². The molecular formula is C14H13Cl3N2. The van der Waals surface area contributed by atoms with Crippen LogP contribution >= 0.6 is 34.8 Å². The summed E-state index contributed by atoms with van der Waals surface area (Å²) in [6.07, 6.45) is 0. The molecule has 0 fully saturated rings. The van der Waals surface area contributed by atoms with Crippen molar-refractivity contribution in [1.29, 1.82) is 0 Å². The standard InChI is InChI=1S/C14H13Cl3N2/c1-8-5-3-4-6-10(8)9(2)18-14-12(16)7-11(15)13(17)19-14/h3-7,9H,1-2H3,(H,18,19). The molecule has 0 aliphatic rings. The average Bonchev–Trinajstić information content (AvgIpc) is 2.36. The molecule has 0 aliphatic carbocycles. The second kappa shape index (κ2) is 6.00. The van der Waals surface area contributed by atoms with E-state index in [1.807, 2.05) is 19.1 Å². The van der Waals surface area contributed by atoms with E-state index in [0.717, 1.165) is 0 Å². The molecular weight excluding hydrogens is 303 g/mol. The number of aryl methyl sites for hydroxylation is 1. The van der Waals surface area contributed by atoms with Crippen molar-refractivity contribution in [2.45, 2.75) is 19.9 Å². The molecule has 1 atom stereocenters. The lowest BCUT2D eigenvalue weighted by atomic mass is 10.0. The fourth-order valence-corrected chi connectivity index (χ4v) is 2.45. The summed E-state index contributed by atoms with van der Waals surface area (Å²) in [6, 6.07) is 9.81. The minimum absolute atomic E-state index is 0.0726. The third-order valence-corrected chi connectivity index (χ3v) is 3.86. The van der Waals surface area contributed by atoms with Crippen LogP contribution in [0.15, 0.2) is 30.3 Å². The van der Waals surface area contributed by atoms with E-state index in [1.165, 1.54) is 11.1 Å². The minimum atomic E-state index is 0.0726. The van der Waals surface area contributed by atoms with Crippen molar-refractivity contribution in [2.24, 2.45) is 0 Å². The summed E-state index contributed by atoms with van der Waals surface area (Å²) < 4.78 is 0. The van der Waals surface area contributed by atoms with Crippen molar-refractivity contribution in [3.63, 3.8) is 0 Å². The van der Waals surface area contributed by atoms with Gasteiger partial charge in [-0.3, -0.25) is 0 Å². The first-order chi connectivity index (χ1) is 8.99. The van der Waals surface area contributed by atoms with Gasteiger partial charge in [0.05, 0.1) is 16.1 Å². The number of nitrogens with zero attached hydrogens (tertiary/aromatic N) is 1. The molecule has 1 unspecified atom stereocenters. The van der Waals surface area contributed by atoms with Crippen molar-refractivity contribution < 1.29 is 0 Å². The molecule has 1 N–H and O–H groups in total. The molecule has 1 heterocycles. The van der Waals surface area contributed by atoms with Crippen LogP contribution < -0.4 is 5.32 Å². The Morgan fingerprint density at radius 3 is 2.47 bits per heavy atom. The number of anilines is 1. The fraction of sp³-hybridized carbons (Fsp3) is 0.214. The van der Waals surface area contributed by atoms with Crippen molar-refractivity contribution in [3.05, 3.63) is 56.7 Å². The Hall–Kier alpha value is -0.960. The van der Waals surface area contributed by atoms with Gasteiger partial charge in [-0.15, -0.1) is 0 Å². The first-order valence-electron chi connectivity index (χ1n) is 5.82. The second-order valence-corrected chi connectivity index (χ2v) is 5.49. The SMILES string of the molecule is Cc1ccccc1C(C)Nc1nc(Cl)c(Cl)cc1Cl. The number of hydrogen-bond acceptors (Lipinski definition) is 2. The molecule has 19 heavy (non-hydrogen) atoms. The Bertz CT molecular complexity index is 599. The highest BCUT2D eigenvalue weighted by Gasteiger charge is 2.12. The van der Waals surface area contributed by atoms with E-state index in [4.69, 9.17) is 34.8 Å². The zero-order valence-electron chi connectivity index (χ0n) is 10.5. The summed E-state index contributed by atoms with van der Waals surface area (Å²) in [5.74, 6) is 0.534. The van der Waals surface area contributed by atoms with E-state index in [1.54, 1.807) is 6.07 Å². The Kier molecular flexibility index (Phi) is 4.56. The van der Waals surface area contributed by atoms with Crippen LogP contribution in [0, 0.1) is 6.92 Å². The summed E-state index contributed by atoms with van der Waals surface area (Å²) in [7, 11) is 0. The maximum absolute atomic E-state index is 6.10. The van der Waals surface area contributed by atoms with Gasteiger partial charge in [-0.05, 0) is 31.0 Å². The summed E-state index contributed by atoms with van der Waals surface area (Å²) in [6.45, 7) is 4.11. The van der Waals surface area contributed by atoms with Gasteiger partial charge in [0.15, 0.2) is 0 Å². The van der Waals surface area contributed by atoms with Crippen LogP contribution in [0.4, 0.5) is 5.82 Å². The molecule has 100 valence electrons. The summed E-state index contributed by atoms with van der Waals surface area (Å²) in [4.78, 5) is 4.16. The number of nitrogens with one attached hydrogen (secondary N) is 1. The molecule has 0 radical (unpaired) electrons. The van der Waals surface area contributed by atoms with Crippen LogP contribution in [0.1, 0.15) is 24.1 Å². The molecule has 5 heteroatoms. The number of benzene rings is 1. The monoisotopic (exact) mass is 314 g/mol. The maximum atomic E-state index is 6.10. The van der Waals surface area contributed by atoms with E-state index in [-0.39, 0.29) is 11.2 Å². The fourth-order valence-electron chi connectivity index (χ4n) is 1.90. The molecule has 0 amide bonds. The Labute approximate surface area is 127 Å². The van der Waals surface area contributed by atoms with Gasteiger partial charge in [0.2, 0.25) is 0 Å². The lowest BCUT2D eigenvalue weighted by molar-refractivity contribution is 0.865. The molecule has 0 saturated heterocycles. The Balaban J connectivity index is 2.27. The van der Waals surface area contributed by atoms with Gasteiger partial charge in [-0.25, -0.2) is 4.98 Å². The van der Waals surface area contributed by atoms with Crippen LogP contribution in [0.5, 0.6) is 0 Å². The van der Waals surface area contributed by atoms with Crippen molar-refractivity contribution in [2.75, 3.05) is 5.32 Å². The van der Waals surface area contributed by atoms with Crippen LogP contribution in [-0.4, -0.2) is 4.98 Å². The maximum Gasteiger partial charge on any atom is 0.150 e. The normalized spacial score (nSPS) is 12.3. The Morgan fingerprint density at radius 2 is 1.79 bits per heavy atom. The highest BCUT2D eigenvalue weighted by molar-refractivity contribution is 6.42. The second-order valence-electron chi connectivity index (χ2n) is 4.31. The lowest BCUT2D eigenvalue weighted by Gasteiger charge is -2.18. The van der Waals surface area contributed by atoms with E-state index in [9.17, 15) is 0 Å². The quantitative estimate of drug-likeness (QED) is 0.754. The van der Waals surface area contributed by atoms with Gasteiger partial charge >= 0.3 is 0 Å². The molecule has 0 saturated carbocycles. The molecule has 0 aliphatic heterocycles. The molecule has 2 rings (SSSR count). The zero-order valence-corrected chi connectivity index (χ0v) is 12.8.